The molecule has 4 aromatic carbocycles. The minimum absolute atomic E-state index is 0.910. The second-order valence-corrected chi connectivity index (χ2v) is 8.28. The highest BCUT2D eigenvalue weighted by Gasteiger charge is 2.16. The first-order valence-corrected chi connectivity index (χ1v) is 10.9. The van der Waals surface area contributed by atoms with E-state index in [-0.39, 0.29) is 0 Å². The van der Waals surface area contributed by atoms with E-state index in [1.807, 2.05) is 6.20 Å². The van der Waals surface area contributed by atoms with E-state index in [2.05, 4.69) is 87.7 Å². The van der Waals surface area contributed by atoms with Crippen LogP contribution < -0.4 is 0 Å². The number of nitrogens with zero attached hydrogens (tertiary/aromatic N) is 3. The van der Waals surface area contributed by atoms with Crippen molar-refractivity contribution in [2.24, 2.45) is 0 Å². The van der Waals surface area contributed by atoms with Gasteiger partial charge in [-0.25, -0.2) is 0 Å². The first kappa shape index (κ1) is 18.2. The van der Waals surface area contributed by atoms with Crippen molar-refractivity contribution in [3.8, 4) is 0 Å². The van der Waals surface area contributed by atoms with Crippen LogP contribution in [0.5, 0.6) is 0 Å². The zero-order valence-corrected chi connectivity index (χ0v) is 17.3. The van der Waals surface area contributed by atoms with Gasteiger partial charge < -0.3 is 0 Å². The largest absolute Gasteiger partial charge is 0.294 e. The molecule has 1 aromatic heterocycles. The third-order valence-corrected chi connectivity index (χ3v) is 6.39. The highest BCUT2D eigenvalue weighted by Crippen LogP contribution is 2.33. The Morgan fingerprint density at radius 2 is 1.55 bits per heavy atom. The predicted molar refractivity (Wildman–Crippen MR) is 129 cm³/mol. The molecule has 0 unspecified atom stereocenters. The molecule has 0 N–H and O–H groups in total. The van der Waals surface area contributed by atoms with Crippen LogP contribution in [0.1, 0.15) is 17.7 Å². The Kier molecular flexibility index (Phi) is 4.47. The molecule has 31 heavy (non-hydrogen) atoms. The summed E-state index contributed by atoms with van der Waals surface area (Å²) in [6, 6.07) is 24.5. The third kappa shape index (κ3) is 3.28. The molecule has 0 aliphatic carbocycles. The Morgan fingerprint density at radius 3 is 2.48 bits per heavy atom. The summed E-state index contributed by atoms with van der Waals surface area (Å²) in [5, 5.41) is 7.96. The Balaban J connectivity index is 1.38. The van der Waals surface area contributed by atoms with Crippen molar-refractivity contribution in [2.75, 3.05) is 13.1 Å². The minimum atomic E-state index is 0.910. The van der Waals surface area contributed by atoms with Crippen molar-refractivity contribution in [1.82, 2.24) is 14.9 Å². The summed E-state index contributed by atoms with van der Waals surface area (Å²) in [5.41, 5.74) is 3.65. The molecule has 0 spiro atoms. The van der Waals surface area contributed by atoms with E-state index in [1.54, 1.807) is 12.4 Å². The van der Waals surface area contributed by atoms with Gasteiger partial charge in [0.2, 0.25) is 0 Å². The molecular formula is C28H23N3. The van der Waals surface area contributed by atoms with Crippen LogP contribution in [0.3, 0.4) is 0 Å². The predicted octanol–water partition coefficient (Wildman–Crippen LogP) is 6.23. The fraction of sp³-hybridized carbons (Fsp3) is 0.143. The highest BCUT2D eigenvalue weighted by atomic mass is 15.1. The second-order valence-electron chi connectivity index (χ2n) is 8.28. The molecule has 5 aromatic rings. The molecule has 150 valence electrons. The molecule has 3 nitrogen and oxygen atoms in total. The van der Waals surface area contributed by atoms with Crippen molar-refractivity contribution in [1.29, 1.82) is 0 Å². The third-order valence-electron chi connectivity index (χ3n) is 6.39. The summed E-state index contributed by atoms with van der Waals surface area (Å²) in [6.45, 7) is 2.92. The molecule has 0 atom stereocenters. The maximum atomic E-state index is 4.50. The van der Waals surface area contributed by atoms with Gasteiger partial charge in [-0.2, -0.15) is 0 Å². The Labute approximate surface area is 181 Å². The molecule has 0 amide bonds. The SMILES string of the molecule is C1=C(c2cnccn2)CN(Cc2cccc3c2ccc2c4ccccc4ccc32)CC1. The van der Waals surface area contributed by atoms with Gasteiger partial charge in [-0.05, 0) is 49.9 Å². The number of hydrogen-bond acceptors (Lipinski definition) is 3. The van der Waals surface area contributed by atoms with Crippen LogP contribution >= 0.6 is 0 Å². The van der Waals surface area contributed by atoms with Crippen molar-refractivity contribution < 1.29 is 0 Å². The van der Waals surface area contributed by atoms with Crippen LogP contribution in [-0.4, -0.2) is 28.0 Å². The number of aromatic nitrogens is 2. The fourth-order valence-corrected chi connectivity index (χ4v) is 4.89. The monoisotopic (exact) mass is 401 g/mol. The Bertz CT molecular complexity index is 1440. The lowest BCUT2D eigenvalue weighted by atomic mass is 9.94. The lowest BCUT2D eigenvalue weighted by Crippen LogP contribution is -2.29. The van der Waals surface area contributed by atoms with Crippen LogP contribution in [0.25, 0.3) is 37.9 Å². The molecule has 0 fully saturated rings. The van der Waals surface area contributed by atoms with E-state index in [0.717, 1.165) is 31.7 Å². The molecule has 3 heteroatoms. The van der Waals surface area contributed by atoms with Crippen LogP contribution in [0, 0.1) is 0 Å². The van der Waals surface area contributed by atoms with Gasteiger partial charge in [-0.3, -0.25) is 14.9 Å². The summed E-state index contributed by atoms with van der Waals surface area (Å²) in [6.07, 6.45) is 8.72. The average Bonchev–Trinajstić information content (AvgIpc) is 2.84. The van der Waals surface area contributed by atoms with Crippen molar-refractivity contribution in [3.63, 3.8) is 0 Å². The van der Waals surface area contributed by atoms with Gasteiger partial charge in [-0.1, -0.05) is 72.8 Å². The summed E-state index contributed by atoms with van der Waals surface area (Å²) in [4.78, 5) is 11.3. The first-order chi connectivity index (χ1) is 15.4. The zero-order chi connectivity index (χ0) is 20.6. The smallest absolute Gasteiger partial charge is 0.0854 e. The van der Waals surface area contributed by atoms with E-state index < -0.39 is 0 Å². The summed E-state index contributed by atoms with van der Waals surface area (Å²) in [5.74, 6) is 0. The normalized spacial score (nSPS) is 14.9. The highest BCUT2D eigenvalue weighted by molar-refractivity contribution is 6.17. The Hall–Kier alpha value is -3.56. The Morgan fingerprint density at radius 1 is 0.742 bits per heavy atom. The van der Waals surface area contributed by atoms with E-state index in [1.165, 1.54) is 43.5 Å². The van der Waals surface area contributed by atoms with E-state index in [9.17, 15) is 0 Å². The van der Waals surface area contributed by atoms with Crippen molar-refractivity contribution in [3.05, 3.63) is 103 Å². The van der Waals surface area contributed by atoms with E-state index in [4.69, 9.17) is 0 Å². The molecule has 6 rings (SSSR count). The van der Waals surface area contributed by atoms with Gasteiger partial charge in [-0.15, -0.1) is 0 Å². The van der Waals surface area contributed by atoms with Crippen LogP contribution in [0.2, 0.25) is 0 Å². The number of rotatable bonds is 3. The summed E-state index contributed by atoms with van der Waals surface area (Å²) < 4.78 is 0. The van der Waals surface area contributed by atoms with Gasteiger partial charge in [0.15, 0.2) is 0 Å². The minimum Gasteiger partial charge on any atom is -0.294 e. The number of hydrogen-bond donors (Lipinski definition) is 0. The molecule has 0 bridgehead atoms. The van der Waals surface area contributed by atoms with Crippen LogP contribution in [-0.2, 0) is 6.54 Å². The molecule has 0 saturated heterocycles. The fourth-order valence-electron chi connectivity index (χ4n) is 4.89. The molecule has 1 aliphatic rings. The van der Waals surface area contributed by atoms with Crippen LogP contribution in [0.15, 0.2) is 91.4 Å². The number of benzene rings is 4. The van der Waals surface area contributed by atoms with Gasteiger partial charge in [0, 0.05) is 32.0 Å². The van der Waals surface area contributed by atoms with Crippen molar-refractivity contribution >= 4 is 37.9 Å². The lowest BCUT2D eigenvalue weighted by molar-refractivity contribution is 0.297. The van der Waals surface area contributed by atoms with Gasteiger partial charge in [0.05, 0.1) is 11.9 Å². The first-order valence-electron chi connectivity index (χ1n) is 10.9. The van der Waals surface area contributed by atoms with Crippen LogP contribution in [0.4, 0.5) is 0 Å². The van der Waals surface area contributed by atoms with E-state index in [0.29, 0.717) is 0 Å². The standard InChI is InChI=1S/C28H23N3/c1-2-8-23-20(5-1)10-11-27-25-9-3-6-21(24(25)12-13-26(23)27)18-31-16-4-7-22(19-31)28-17-29-14-15-30-28/h1-3,5-15,17H,4,16,18-19H2. The number of fused-ring (bicyclic) bond motifs is 5. The maximum absolute atomic E-state index is 4.50. The molecular weight excluding hydrogens is 378 g/mol. The van der Waals surface area contributed by atoms with Gasteiger partial charge >= 0.3 is 0 Å². The zero-order valence-electron chi connectivity index (χ0n) is 17.3. The van der Waals surface area contributed by atoms with Crippen molar-refractivity contribution in [2.45, 2.75) is 13.0 Å². The topological polar surface area (TPSA) is 29.0 Å². The summed E-state index contributed by atoms with van der Waals surface area (Å²) in [7, 11) is 0. The van der Waals surface area contributed by atoms with E-state index >= 15 is 0 Å². The van der Waals surface area contributed by atoms with Gasteiger partial charge in [0.25, 0.3) is 0 Å². The summed E-state index contributed by atoms with van der Waals surface area (Å²) >= 11 is 0. The lowest BCUT2D eigenvalue weighted by Gasteiger charge is -2.27. The second kappa shape index (κ2) is 7.60. The molecule has 0 saturated carbocycles. The molecule has 2 heterocycles. The average molecular weight is 402 g/mol. The molecule has 0 radical (unpaired) electrons. The van der Waals surface area contributed by atoms with Gasteiger partial charge in [0.1, 0.15) is 0 Å². The maximum Gasteiger partial charge on any atom is 0.0854 e. The molecule has 1 aliphatic heterocycles. The quantitative estimate of drug-likeness (QED) is 0.336.